The van der Waals surface area contributed by atoms with Gasteiger partial charge in [0, 0.05) is 33.6 Å². The molecule has 0 bridgehead atoms. The zero-order chi connectivity index (χ0) is 18.1. The molecule has 0 saturated heterocycles. The zero-order valence-electron chi connectivity index (χ0n) is 16.0. The van der Waals surface area contributed by atoms with Crippen LogP contribution < -0.4 is 10.1 Å². The summed E-state index contributed by atoms with van der Waals surface area (Å²) in [5, 5.41) is 11.4. The summed E-state index contributed by atoms with van der Waals surface area (Å²) in [4.78, 5) is 6.38. The number of likely N-dealkylation sites (N-methyl/N-ethyl adjacent to an activating group) is 1. The Balaban J connectivity index is 0.00000338. The van der Waals surface area contributed by atoms with Crippen molar-refractivity contribution in [2.24, 2.45) is 4.99 Å². The molecule has 0 amide bonds. The summed E-state index contributed by atoms with van der Waals surface area (Å²) in [6.45, 7) is 7.07. The van der Waals surface area contributed by atoms with Gasteiger partial charge in [0.1, 0.15) is 24.5 Å². The number of hydrogen-bond acceptors (Lipinski definition) is 4. The minimum Gasteiger partial charge on any atom is -0.492 e. The van der Waals surface area contributed by atoms with Crippen molar-refractivity contribution in [1.82, 2.24) is 25.0 Å². The van der Waals surface area contributed by atoms with Gasteiger partial charge in [-0.1, -0.05) is 24.6 Å². The van der Waals surface area contributed by atoms with Gasteiger partial charge in [-0.05, 0) is 19.1 Å². The van der Waals surface area contributed by atoms with Crippen LogP contribution in [-0.2, 0) is 13.0 Å². The van der Waals surface area contributed by atoms with Crippen LogP contribution in [0.1, 0.15) is 18.3 Å². The Morgan fingerprint density at radius 2 is 2.04 bits per heavy atom. The Morgan fingerprint density at radius 3 is 2.69 bits per heavy atom. The third-order valence-corrected chi connectivity index (χ3v) is 3.94. The first kappa shape index (κ1) is 22.2. The molecule has 7 nitrogen and oxygen atoms in total. The van der Waals surface area contributed by atoms with E-state index in [-0.39, 0.29) is 24.0 Å². The first-order chi connectivity index (χ1) is 12.1. The number of aryl methyl sites for hydroxylation is 2. The number of aromatic nitrogens is 3. The highest BCUT2D eigenvalue weighted by molar-refractivity contribution is 14.0. The smallest absolute Gasteiger partial charge is 0.193 e. The van der Waals surface area contributed by atoms with Crippen LogP contribution in [0, 0.1) is 6.92 Å². The van der Waals surface area contributed by atoms with E-state index in [9.17, 15) is 0 Å². The lowest BCUT2D eigenvalue weighted by Gasteiger charge is -2.22. The molecule has 0 saturated carbocycles. The van der Waals surface area contributed by atoms with Crippen molar-refractivity contribution in [3.63, 3.8) is 0 Å². The predicted molar refractivity (Wildman–Crippen MR) is 115 cm³/mol. The molecule has 1 N–H and O–H groups in total. The molecular weight excluding hydrogens is 443 g/mol. The molecule has 1 aromatic heterocycles. The molecule has 0 aliphatic heterocycles. The maximum absolute atomic E-state index is 5.77. The molecule has 1 heterocycles. The van der Waals surface area contributed by atoms with Gasteiger partial charge in [-0.3, -0.25) is 4.99 Å². The van der Waals surface area contributed by atoms with Crippen LogP contribution in [0.25, 0.3) is 0 Å². The molecule has 26 heavy (non-hydrogen) atoms. The molecule has 1 aromatic carbocycles. The van der Waals surface area contributed by atoms with Gasteiger partial charge >= 0.3 is 0 Å². The highest BCUT2D eigenvalue weighted by atomic mass is 127. The van der Waals surface area contributed by atoms with E-state index in [1.807, 2.05) is 19.2 Å². The summed E-state index contributed by atoms with van der Waals surface area (Å²) in [6, 6.07) is 8.09. The van der Waals surface area contributed by atoms with Gasteiger partial charge in [0.2, 0.25) is 0 Å². The first-order valence-corrected chi connectivity index (χ1v) is 8.62. The lowest BCUT2D eigenvalue weighted by Crippen LogP contribution is -2.42. The molecule has 0 unspecified atom stereocenters. The largest absolute Gasteiger partial charge is 0.492 e. The second-order valence-corrected chi connectivity index (χ2v) is 5.85. The molecule has 144 valence electrons. The van der Waals surface area contributed by atoms with E-state index in [0.717, 1.165) is 43.6 Å². The van der Waals surface area contributed by atoms with Crippen molar-refractivity contribution in [1.29, 1.82) is 0 Å². The standard InChI is InChI=1S/C18H28N6O.HI/c1-5-17-22-21-14-24(17)11-10-20-18(19-3)23(4)12-13-25-16-8-6-15(2)7-9-16;/h6-9,14H,5,10-13H2,1-4H3,(H,19,20);1H. The van der Waals surface area contributed by atoms with E-state index in [2.05, 4.69) is 56.0 Å². The average Bonchev–Trinajstić information content (AvgIpc) is 3.08. The fourth-order valence-electron chi connectivity index (χ4n) is 2.45. The fraction of sp³-hybridized carbons (Fsp3) is 0.500. The molecule has 2 aromatic rings. The minimum atomic E-state index is 0. The molecule has 0 fully saturated rings. The van der Waals surface area contributed by atoms with Crippen molar-refractivity contribution >= 4 is 29.9 Å². The summed E-state index contributed by atoms with van der Waals surface area (Å²) in [5.41, 5.74) is 1.23. The van der Waals surface area contributed by atoms with Crippen molar-refractivity contribution in [3.8, 4) is 5.75 Å². The van der Waals surface area contributed by atoms with Gasteiger partial charge in [-0.25, -0.2) is 0 Å². The van der Waals surface area contributed by atoms with Crippen LogP contribution in [0.15, 0.2) is 35.6 Å². The number of rotatable bonds is 8. The van der Waals surface area contributed by atoms with E-state index in [1.165, 1.54) is 5.56 Å². The molecule has 0 spiro atoms. The van der Waals surface area contributed by atoms with Crippen LogP contribution >= 0.6 is 24.0 Å². The Hall–Kier alpha value is -1.84. The lowest BCUT2D eigenvalue weighted by atomic mass is 10.2. The van der Waals surface area contributed by atoms with Crippen LogP contribution in [0.5, 0.6) is 5.75 Å². The van der Waals surface area contributed by atoms with Crippen LogP contribution in [-0.4, -0.2) is 59.4 Å². The number of guanidine groups is 1. The summed E-state index contributed by atoms with van der Waals surface area (Å²) < 4.78 is 7.83. The van der Waals surface area contributed by atoms with Gasteiger partial charge < -0.3 is 19.5 Å². The van der Waals surface area contributed by atoms with Crippen molar-refractivity contribution < 1.29 is 4.74 Å². The van der Waals surface area contributed by atoms with E-state index in [4.69, 9.17) is 4.74 Å². The first-order valence-electron chi connectivity index (χ1n) is 8.62. The SMILES string of the molecule is CCc1nncn1CCNC(=NC)N(C)CCOc1ccc(C)cc1.I. The highest BCUT2D eigenvalue weighted by Gasteiger charge is 2.07. The van der Waals surface area contributed by atoms with Crippen molar-refractivity contribution in [3.05, 3.63) is 42.0 Å². The number of halogens is 1. The Labute approximate surface area is 172 Å². The normalized spacial score (nSPS) is 11.0. The number of aliphatic imine (C=N–C) groups is 1. The number of benzene rings is 1. The van der Waals surface area contributed by atoms with E-state index in [0.29, 0.717) is 6.61 Å². The maximum Gasteiger partial charge on any atom is 0.193 e. The third kappa shape index (κ3) is 6.81. The van der Waals surface area contributed by atoms with Gasteiger partial charge in [0.05, 0.1) is 6.54 Å². The molecular formula is C18H29IN6O. The monoisotopic (exact) mass is 472 g/mol. The van der Waals surface area contributed by atoms with Crippen molar-refractivity contribution in [2.75, 3.05) is 33.8 Å². The Morgan fingerprint density at radius 1 is 1.31 bits per heavy atom. The van der Waals surface area contributed by atoms with Gasteiger partial charge in [0.25, 0.3) is 0 Å². The number of hydrogen-bond donors (Lipinski definition) is 1. The second kappa shape index (κ2) is 11.7. The average molecular weight is 472 g/mol. The van der Waals surface area contributed by atoms with Crippen LogP contribution in [0.2, 0.25) is 0 Å². The lowest BCUT2D eigenvalue weighted by molar-refractivity contribution is 0.281. The molecule has 0 atom stereocenters. The topological polar surface area (TPSA) is 67.6 Å². The van der Waals surface area contributed by atoms with Crippen LogP contribution in [0.3, 0.4) is 0 Å². The summed E-state index contributed by atoms with van der Waals surface area (Å²) >= 11 is 0. The molecule has 0 aliphatic rings. The summed E-state index contributed by atoms with van der Waals surface area (Å²) in [5.74, 6) is 2.73. The summed E-state index contributed by atoms with van der Waals surface area (Å²) in [7, 11) is 3.79. The van der Waals surface area contributed by atoms with Crippen molar-refractivity contribution in [2.45, 2.75) is 26.8 Å². The minimum absolute atomic E-state index is 0. The Kier molecular flexibility index (Phi) is 10.0. The predicted octanol–water partition coefficient (Wildman–Crippen LogP) is 2.35. The van der Waals surface area contributed by atoms with E-state index in [1.54, 1.807) is 13.4 Å². The molecule has 0 aliphatic carbocycles. The second-order valence-electron chi connectivity index (χ2n) is 5.85. The molecule has 8 heteroatoms. The van der Waals surface area contributed by atoms with Gasteiger partial charge in [-0.15, -0.1) is 34.2 Å². The fourth-order valence-corrected chi connectivity index (χ4v) is 2.45. The van der Waals surface area contributed by atoms with Gasteiger partial charge in [0.15, 0.2) is 5.96 Å². The Bertz CT molecular complexity index is 671. The molecule has 0 radical (unpaired) electrons. The maximum atomic E-state index is 5.77. The number of ether oxygens (including phenoxy) is 1. The highest BCUT2D eigenvalue weighted by Crippen LogP contribution is 2.11. The molecule has 2 rings (SSSR count). The van der Waals surface area contributed by atoms with Gasteiger partial charge in [-0.2, -0.15) is 0 Å². The van der Waals surface area contributed by atoms with Crippen LogP contribution in [0.4, 0.5) is 0 Å². The third-order valence-electron chi connectivity index (χ3n) is 3.94. The number of nitrogens with one attached hydrogen (secondary N) is 1. The summed E-state index contributed by atoms with van der Waals surface area (Å²) in [6.07, 6.45) is 2.65. The zero-order valence-corrected chi connectivity index (χ0v) is 18.3. The van der Waals surface area contributed by atoms with E-state index >= 15 is 0 Å². The number of nitrogens with zero attached hydrogens (tertiary/aromatic N) is 5. The quantitative estimate of drug-likeness (QED) is 0.363. The van der Waals surface area contributed by atoms with E-state index < -0.39 is 0 Å².